The molecule has 0 bridgehead atoms. The summed E-state index contributed by atoms with van der Waals surface area (Å²) in [6, 6.07) is 11.1. The van der Waals surface area contributed by atoms with Gasteiger partial charge in [-0.2, -0.15) is 4.98 Å². The fourth-order valence-corrected chi connectivity index (χ4v) is 4.32. The number of rotatable bonds is 5. The monoisotopic (exact) mass is 464 g/mol. The Bertz CT molecular complexity index is 1100. The number of halogens is 3. The van der Waals surface area contributed by atoms with Gasteiger partial charge in [-0.15, -0.1) is 0 Å². The van der Waals surface area contributed by atoms with E-state index in [1.54, 1.807) is 12.1 Å². The van der Waals surface area contributed by atoms with Gasteiger partial charge in [0.1, 0.15) is 0 Å². The maximum absolute atomic E-state index is 13.0. The minimum Gasteiger partial charge on any atom is -0.478 e. The number of piperazine rings is 1. The molecule has 2 heterocycles. The Hall–Kier alpha value is -2.12. The maximum atomic E-state index is 13.0. The Morgan fingerprint density at radius 2 is 1.97 bits per heavy atom. The lowest BCUT2D eigenvalue weighted by atomic mass is 10.0. The van der Waals surface area contributed by atoms with Crippen LogP contribution in [-0.2, 0) is 0 Å². The van der Waals surface area contributed by atoms with E-state index in [1.807, 2.05) is 29.2 Å². The van der Waals surface area contributed by atoms with Crippen LogP contribution in [0.4, 0.5) is 5.82 Å². The van der Waals surface area contributed by atoms with Gasteiger partial charge in [0, 0.05) is 41.6 Å². The number of hydrogen-bond acceptors (Lipinski definition) is 6. The molecule has 0 unspecified atom stereocenters. The SMILES string of the molecule is C[C@H]1CNCCN1c1nc(Cl)nc(Cl)c1OCC(=O)c1cccc2cccc(Cl)c12. The molecule has 6 nitrogen and oxygen atoms in total. The molecule has 1 fully saturated rings. The van der Waals surface area contributed by atoms with Gasteiger partial charge in [-0.1, -0.05) is 53.5 Å². The van der Waals surface area contributed by atoms with Crippen molar-refractivity contribution in [3.8, 4) is 5.75 Å². The summed E-state index contributed by atoms with van der Waals surface area (Å²) in [7, 11) is 0. The lowest BCUT2D eigenvalue weighted by Gasteiger charge is -2.35. The van der Waals surface area contributed by atoms with Crippen LogP contribution in [-0.4, -0.2) is 48.0 Å². The first-order valence-corrected chi connectivity index (χ1v) is 10.6. The summed E-state index contributed by atoms with van der Waals surface area (Å²) < 4.78 is 5.86. The number of fused-ring (bicyclic) bond motifs is 1. The molecule has 0 saturated carbocycles. The first-order chi connectivity index (χ1) is 14.5. The summed E-state index contributed by atoms with van der Waals surface area (Å²) in [6.45, 7) is 4.10. The van der Waals surface area contributed by atoms with Crippen LogP contribution in [0.3, 0.4) is 0 Å². The first kappa shape index (κ1) is 21.1. The highest BCUT2D eigenvalue weighted by atomic mass is 35.5. The highest BCUT2D eigenvalue weighted by molar-refractivity contribution is 6.37. The number of nitrogens with zero attached hydrogens (tertiary/aromatic N) is 3. The van der Waals surface area contributed by atoms with Crippen LogP contribution in [0.25, 0.3) is 10.8 Å². The van der Waals surface area contributed by atoms with Crippen molar-refractivity contribution in [2.75, 3.05) is 31.1 Å². The molecule has 2 aromatic carbocycles. The molecule has 156 valence electrons. The molecule has 0 radical (unpaired) electrons. The fraction of sp³-hybridized carbons (Fsp3) is 0.286. The van der Waals surface area contributed by atoms with E-state index in [0.29, 0.717) is 28.3 Å². The lowest BCUT2D eigenvalue weighted by Crippen LogP contribution is -2.50. The van der Waals surface area contributed by atoms with E-state index in [2.05, 4.69) is 22.2 Å². The van der Waals surface area contributed by atoms with Crippen molar-refractivity contribution >= 4 is 57.2 Å². The summed E-state index contributed by atoms with van der Waals surface area (Å²) >= 11 is 18.7. The number of ketones is 1. The molecule has 1 aliphatic rings. The average molecular weight is 466 g/mol. The zero-order chi connectivity index (χ0) is 21.3. The van der Waals surface area contributed by atoms with E-state index >= 15 is 0 Å². The van der Waals surface area contributed by atoms with E-state index in [1.165, 1.54) is 0 Å². The van der Waals surface area contributed by atoms with Gasteiger partial charge in [-0.25, -0.2) is 4.98 Å². The summed E-state index contributed by atoms with van der Waals surface area (Å²) in [6.07, 6.45) is 0. The molecular formula is C21H19Cl3N4O2. The second-order valence-electron chi connectivity index (χ2n) is 7.04. The van der Waals surface area contributed by atoms with E-state index in [9.17, 15) is 4.79 Å². The Morgan fingerprint density at radius 3 is 2.73 bits per heavy atom. The number of carbonyl (C=O) groups is 1. The molecule has 3 aromatic rings. The van der Waals surface area contributed by atoms with Gasteiger partial charge in [0.15, 0.2) is 23.3 Å². The van der Waals surface area contributed by atoms with Crippen molar-refractivity contribution in [1.82, 2.24) is 15.3 Å². The van der Waals surface area contributed by atoms with E-state index in [4.69, 9.17) is 39.5 Å². The molecule has 1 atom stereocenters. The Kier molecular flexibility index (Phi) is 6.29. The van der Waals surface area contributed by atoms with Crippen LogP contribution in [0.2, 0.25) is 15.5 Å². The molecule has 9 heteroatoms. The summed E-state index contributed by atoms with van der Waals surface area (Å²) in [5, 5.41) is 5.51. The van der Waals surface area contributed by atoms with Crippen LogP contribution >= 0.6 is 34.8 Å². The number of hydrogen-bond donors (Lipinski definition) is 1. The van der Waals surface area contributed by atoms with Crippen LogP contribution in [0.5, 0.6) is 5.75 Å². The lowest BCUT2D eigenvalue weighted by molar-refractivity contribution is 0.0923. The highest BCUT2D eigenvalue weighted by Gasteiger charge is 2.26. The molecule has 1 N–H and O–H groups in total. The largest absolute Gasteiger partial charge is 0.478 e. The fourth-order valence-electron chi connectivity index (χ4n) is 3.60. The summed E-state index contributed by atoms with van der Waals surface area (Å²) in [4.78, 5) is 23.4. The van der Waals surface area contributed by atoms with Crippen LogP contribution in [0, 0.1) is 0 Å². The van der Waals surface area contributed by atoms with Crippen molar-refractivity contribution in [2.45, 2.75) is 13.0 Å². The molecule has 1 saturated heterocycles. The standard InChI is InChI=1S/C21H19Cl3N4O2/c1-12-10-25-8-9-28(12)20-18(19(23)26-21(24)27-20)30-11-16(29)14-6-2-4-13-5-3-7-15(22)17(13)14/h2-7,12,25H,8-11H2,1H3/t12-/m0/s1. The van der Waals surface area contributed by atoms with Gasteiger partial charge >= 0.3 is 0 Å². The van der Waals surface area contributed by atoms with Crippen molar-refractivity contribution in [1.29, 1.82) is 0 Å². The van der Waals surface area contributed by atoms with E-state index in [0.717, 1.165) is 18.5 Å². The van der Waals surface area contributed by atoms with E-state index < -0.39 is 0 Å². The third-order valence-electron chi connectivity index (χ3n) is 5.05. The van der Waals surface area contributed by atoms with Crippen molar-refractivity contribution in [3.63, 3.8) is 0 Å². The van der Waals surface area contributed by atoms with Gasteiger partial charge in [0.2, 0.25) is 11.1 Å². The number of aromatic nitrogens is 2. The Labute approximate surface area is 189 Å². The molecule has 1 aromatic heterocycles. The molecule has 0 amide bonds. The zero-order valence-electron chi connectivity index (χ0n) is 16.2. The topological polar surface area (TPSA) is 67.3 Å². The molecular weight excluding hydrogens is 447 g/mol. The van der Waals surface area contributed by atoms with Crippen LogP contribution in [0.1, 0.15) is 17.3 Å². The van der Waals surface area contributed by atoms with Crippen molar-refractivity contribution in [3.05, 3.63) is 57.4 Å². The van der Waals surface area contributed by atoms with Crippen LogP contribution < -0.4 is 15.0 Å². The van der Waals surface area contributed by atoms with Gasteiger partial charge in [0.25, 0.3) is 0 Å². The highest BCUT2D eigenvalue weighted by Crippen LogP contribution is 2.35. The summed E-state index contributed by atoms with van der Waals surface area (Å²) in [5.74, 6) is 0.506. The minimum absolute atomic E-state index is 0.0280. The molecule has 0 aliphatic carbocycles. The minimum atomic E-state index is -0.234. The predicted octanol–water partition coefficient (Wildman–Crippen LogP) is 4.65. The van der Waals surface area contributed by atoms with Gasteiger partial charge in [-0.3, -0.25) is 4.79 Å². The van der Waals surface area contributed by atoms with Crippen LogP contribution in [0.15, 0.2) is 36.4 Å². The number of carbonyl (C=O) groups excluding carboxylic acids is 1. The third kappa shape index (κ3) is 4.18. The van der Waals surface area contributed by atoms with Gasteiger partial charge in [-0.05, 0) is 30.0 Å². The third-order valence-corrected chi connectivity index (χ3v) is 5.79. The Morgan fingerprint density at radius 1 is 1.20 bits per heavy atom. The van der Waals surface area contributed by atoms with Crippen molar-refractivity contribution < 1.29 is 9.53 Å². The maximum Gasteiger partial charge on any atom is 0.226 e. The number of benzene rings is 2. The molecule has 30 heavy (non-hydrogen) atoms. The zero-order valence-corrected chi connectivity index (χ0v) is 18.4. The number of ether oxygens (including phenoxy) is 1. The predicted molar refractivity (Wildman–Crippen MR) is 121 cm³/mol. The second kappa shape index (κ2) is 8.94. The normalized spacial score (nSPS) is 16.7. The number of nitrogens with one attached hydrogen (secondary N) is 1. The summed E-state index contributed by atoms with van der Waals surface area (Å²) in [5.41, 5.74) is 0.487. The Balaban J connectivity index is 1.64. The smallest absolute Gasteiger partial charge is 0.226 e. The number of anilines is 1. The van der Waals surface area contributed by atoms with Crippen molar-refractivity contribution in [2.24, 2.45) is 0 Å². The average Bonchev–Trinajstić information content (AvgIpc) is 2.72. The molecule has 4 rings (SSSR count). The van der Waals surface area contributed by atoms with E-state index in [-0.39, 0.29) is 34.6 Å². The van der Waals surface area contributed by atoms with Gasteiger partial charge < -0.3 is 15.0 Å². The second-order valence-corrected chi connectivity index (χ2v) is 8.14. The first-order valence-electron chi connectivity index (χ1n) is 9.49. The van der Waals surface area contributed by atoms with Gasteiger partial charge in [0.05, 0.1) is 0 Å². The quantitative estimate of drug-likeness (QED) is 0.336. The molecule has 1 aliphatic heterocycles. The number of Topliss-reactive ketones (excluding diaryl/α,β-unsaturated/α-hetero) is 1. The molecule has 0 spiro atoms.